The lowest BCUT2D eigenvalue weighted by Crippen LogP contribution is -2.48. The van der Waals surface area contributed by atoms with E-state index in [1.165, 1.54) is 12.1 Å². The van der Waals surface area contributed by atoms with Crippen LogP contribution in [0.1, 0.15) is 10.5 Å². The van der Waals surface area contributed by atoms with Crippen LogP contribution in [0.15, 0.2) is 36.7 Å². The highest BCUT2D eigenvalue weighted by atomic mass is 16.6. The average molecular weight is 347 g/mol. The van der Waals surface area contributed by atoms with Crippen LogP contribution >= 0.6 is 0 Å². The summed E-state index contributed by atoms with van der Waals surface area (Å²) in [6.07, 6.45) is 2.86. The number of carbonyl (C=O) groups is 2. The van der Waals surface area contributed by atoms with Gasteiger partial charge in [0.1, 0.15) is 17.7 Å². The van der Waals surface area contributed by atoms with Gasteiger partial charge in [-0.2, -0.15) is 0 Å². The molecule has 0 aliphatic rings. The third-order valence-corrected chi connectivity index (χ3v) is 3.14. The van der Waals surface area contributed by atoms with Crippen molar-refractivity contribution in [1.82, 2.24) is 25.7 Å². The second-order valence-corrected chi connectivity index (χ2v) is 4.92. The number of rotatable bonds is 6. The van der Waals surface area contributed by atoms with Gasteiger partial charge >= 0.3 is 6.03 Å². The number of aryl methyl sites for hydroxylation is 1. The minimum absolute atomic E-state index is 0.1000. The van der Waals surface area contributed by atoms with Gasteiger partial charge in [-0.05, 0) is 18.2 Å². The summed E-state index contributed by atoms with van der Waals surface area (Å²) in [4.78, 5) is 37.2. The van der Waals surface area contributed by atoms with Gasteiger partial charge in [-0.15, -0.1) is 0 Å². The van der Waals surface area contributed by atoms with E-state index in [0.717, 1.165) is 6.20 Å². The normalized spacial score (nSPS) is 9.96. The minimum Gasteiger partial charge on any atom is -0.368 e. The summed E-state index contributed by atoms with van der Waals surface area (Å²) in [6.45, 7) is 0.606. The number of nitrogens with zero attached hydrogens (tertiary/aromatic N) is 3. The van der Waals surface area contributed by atoms with Crippen molar-refractivity contribution in [3.8, 4) is 0 Å². The van der Waals surface area contributed by atoms with Gasteiger partial charge in [-0.3, -0.25) is 20.3 Å². The minimum atomic E-state index is -0.569. The Morgan fingerprint density at radius 2 is 2.04 bits per heavy atom. The van der Waals surface area contributed by atoms with Gasteiger partial charge < -0.3 is 15.2 Å². The Kier molecular flexibility index (Phi) is 5.87. The molecule has 11 heteroatoms. The van der Waals surface area contributed by atoms with Gasteiger partial charge in [0.25, 0.3) is 11.6 Å². The zero-order valence-corrected chi connectivity index (χ0v) is 13.4. The Bertz CT molecular complexity index is 757. The van der Waals surface area contributed by atoms with Crippen LogP contribution < -0.4 is 21.5 Å². The van der Waals surface area contributed by atoms with Gasteiger partial charge in [0.05, 0.1) is 4.92 Å². The fourth-order valence-electron chi connectivity index (χ4n) is 1.88. The number of amides is 3. The van der Waals surface area contributed by atoms with E-state index in [-0.39, 0.29) is 12.2 Å². The number of hydrogen-bond acceptors (Lipinski definition) is 6. The number of pyridine rings is 1. The Morgan fingerprint density at radius 1 is 1.24 bits per heavy atom. The third-order valence-electron chi connectivity index (χ3n) is 3.14. The second kappa shape index (κ2) is 8.29. The molecule has 0 saturated carbocycles. The Morgan fingerprint density at radius 3 is 2.64 bits per heavy atom. The number of hydrazine groups is 1. The number of carbonyl (C=O) groups excluding carboxylic acids is 2. The van der Waals surface area contributed by atoms with Crippen molar-refractivity contribution in [2.75, 3.05) is 18.4 Å². The first-order valence-corrected chi connectivity index (χ1v) is 7.27. The molecule has 0 fully saturated rings. The van der Waals surface area contributed by atoms with E-state index in [2.05, 4.69) is 26.5 Å². The molecule has 132 valence electrons. The van der Waals surface area contributed by atoms with E-state index >= 15 is 0 Å². The number of aromatic nitrogens is 2. The van der Waals surface area contributed by atoms with Gasteiger partial charge in [0, 0.05) is 32.4 Å². The van der Waals surface area contributed by atoms with Crippen LogP contribution in [0.4, 0.5) is 16.3 Å². The van der Waals surface area contributed by atoms with Crippen molar-refractivity contribution in [2.45, 2.75) is 0 Å². The first kappa shape index (κ1) is 17.7. The van der Waals surface area contributed by atoms with Gasteiger partial charge in [-0.25, -0.2) is 15.2 Å². The highest BCUT2D eigenvalue weighted by Crippen LogP contribution is 2.11. The maximum Gasteiger partial charge on any atom is 0.333 e. The first-order valence-electron chi connectivity index (χ1n) is 7.27. The number of anilines is 1. The summed E-state index contributed by atoms with van der Waals surface area (Å²) < 4.78 is 1.62. The van der Waals surface area contributed by atoms with Crippen molar-refractivity contribution >= 4 is 23.4 Å². The van der Waals surface area contributed by atoms with Crippen LogP contribution in [-0.2, 0) is 7.05 Å². The lowest BCUT2D eigenvalue weighted by molar-refractivity contribution is -0.385. The van der Waals surface area contributed by atoms with E-state index in [1.54, 1.807) is 29.9 Å². The predicted octanol–water partition coefficient (Wildman–Crippen LogP) is 0.384. The molecule has 0 atom stereocenters. The average Bonchev–Trinajstić information content (AvgIpc) is 3.03. The van der Waals surface area contributed by atoms with Crippen LogP contribution in [0.2, 0.25) is 0 Å². The number of urea groups is 1. The Labute approximate surface area is 142 Å². The maximum absolute atomic E-state index is 11.8. The summed E-state index contributed by atoms with van der Waals surface area (Å²) >= 11 is 0. The molecule has 11 nitrogen and oxygen atoms in total. The molecule has 4 N–H and O–H groups in total. The fourth-order valence-corrected chi connectivity index (χ4v) is 1.88. The van der Waals surface area contributed by atoms with Crippen LogP contribution in [0.3, 0.4) is 0 Å². The van der Waals surface area contributed by atoms with E-state index in [4.69, 9.17) is 0 Å². The molecule has 0 spiro atoms. The van der Waals surface area contributed by atoms with Crippen LogP contribution in [-0.4, -0.2) is 39.5 Å². The standard InChI is InChI=1S/C14H17N7O4/c1-20-8-2-3-11(20)13(22)18-19-14(23)16-7-6-15-12-5-4-10(9-17-12)21(24)25/h2-5,8-9H,6-7H2,1H3,(H,15,17)(H,18,22)(H2,16,19,23). The lowest BCUT2D eigenvalue weighted by atomic mass is 10.4. The van der Waals surface area contributed by atoms with Crippen LogP contribution in [0.5, 0.6) is 0 Å². The fraction of sp³-hybridized carbons (Fsp3) is 0.214. The third kappa shape index (κ3) is 5.20. The van der Waals surface area contributed by atoms with Crippen molar-refractivity contribution in [3.63, 3.8) is 0 Å². The van der Waals surface area contributed by atoms with Crippen molar-refractivity contribution in [2.24, 2.45) is 7.05 Å². The summed E-state index contributed by atoms with van der Waals surface area (Å²) in [5.74, 6) is 0.0145. The zero-order valence-electron chi connectivity index (χ0n) is 13.4. The molecule has 0 saturated heterocycles. The molecule has 2 aromatic rings. The summed E-state index contributed by atoms with van der Waals surface area (Å²) in [5, 5.41) is 15.9. The molecule has 2 aromatic heterocycles. The van der Waals surface area contributed by atoms with E-state index in [9.17, 15) is 19.7 Å². The second-order valence-electron chi connectivity index (χ2n) is 4.92. The van der Waals surface area contributed by atoms with E-state index < -0.39 is 16.9 Å². The SMILES string of the molecule is Cn1cccc1C(=O)NNC(=O)NCCNc1ccc([N+](=O)[O-])cn1. The topological polar surface area (TPSA) is 143 Å². The molecule has 2 heterocycles. The quantitative estimate of drug-likeness (QED) is 0.338. The Hall–Kier alpha value is -3.63. The molecular formula is C14H17N7O4. The number of nitro groups is 1. The van der Waals surface area contributed by atoms with Gasteiger partial charge in [0.2, 0.25) is 0 Å². The van der Waals surface area contributed by atoms with Crippen molar-refractivity contribution < 1.29 is 14.5 Å². The number of nitrogens with one attached hydrogen (secondary N) is 4. The lowest BCUT2D eigenvalue weighted by Gasteiger charge is -2.10. The molecule has 0 unspecified atom stereocenters. The summed E-state index contributed by atoms with van der Waals surface area (Å²) in [7, 11) is 1.72. The van der Waals surface area contributed by atoms with E-state index in [1.807, 2.05) is 0 Å². The van der Waals surface area contributed by atoms with Crippen molar-refractivity contribution in [1.29, 1.82) is 0 Å². The summed E-state index contributed by atoms with van der Waals surface area (Å²) in [6, 6.07) is 5.57. The van der Waals surface area contributed by atoms with Gasteiger partial charge in [-0.1, -0.05) is 0 Å². The molecule has 3 amide bonds. The van der Waals surface area contributed by atoms with Crippen LogP contribution in [0, 0.1) is 10.1 Å². The monoisotopic (exact) mass is 347 g/mol. The maximum atomic E-state index is 11.8. The smallest absolute Gasteiger partial charge is 0.333 e. The van der Waals surface area contributed by atoms with E-state index in [0.29, 0.717) is 18.1 Å². The molecule has 0 aromatic carbocycles. The molecule has 0 aliphatic carbocycles. The molecule has 0 aliphatic heterocycles. The summed E-state index contributed by atoms with van der Waals surface area (Å²) in [5.41, 5.74) is 4.83. The van der Waals surface area contributed by atoms with Gasteiger partial charge in [0.15, 0.2) is 0 Å². The molecule has 0 bridgehead atoms. The molecular weight excluding hydrogens is 330 g/mol. The highest BCUT2D eigenvalue weighted by Gasteiger charge is 2.09. The molecule has 0 radical (unpaired) electrons. The highest BCUT2D eigenvalue weighted by molar-refractivity contribution is 5.93. The predicted molar refractivity (Wildman–Crippen MR) is 88.8 cm³/mol. The largest absolute Gasteiger partial charge is 0.368 e. The van der Waals surface area contributed by atoms with Crippen molar-refractivity contribution in [3.05, 3.63) is 52.5 Å². The van der Waals surface area contributed by atoms with Crippen LogP contribution in [0.25, 0.3) is 0 Å². The molecule has 2 rings (SSSR count). The number of hydrogen-bond donors (Lipinski definition) is 4. The first-order chi connectivity index (χ1) is 12.0. The molecule has 25 heavy (non-hydrogen) atoms. The Balaban J connectivity index is 1.64. The zero-order chi connectivity index (χ0) is 18.2.